The number of hydroxylamine groups is 1. The van der Waals surface area contributed by atoms with E-state index in [0.29, 0.717) is 6.61 Å². The van der Waals surface area contributed by atoms with Gasteiger partial charge in [-0.05, 0) is 0 Å². The molecule has 1 unspecified atom stereocenters. The van der Waals surface area contributed by atoms with Crippen LogP contribution in [-0.4, -0.2) is 26.4 Å². The molecule has 1 aliphatic rings. The monoisotopic (exact) mass is 139 g/mol. The van der Waals surface area contributed by atoms with Crippen LogP contribution in [-0.2, 0) is 9.57 Å². The van der Waals surface area contributed by atoms with Crippen LogP contribution in [0, 0.1) is 0 Å². The molecular formula is C4H10ClNO2. The van der Waals surface area contributed by atoms with Gasteiger partial charge in [-0.3, -0.25) is 4.84 Å². The first-order valence-electron chi connectivity index (χ1n) is 2.31. The van der Waals surface area contributed by atoms with Gasteiger partial charge in [0.1, 0.15) is 0 Å². The Labute approximate surface area is 54.7 Å². The predicted octanol–water partition coefficient (Wildman–Crippen LogP) is -0.0420. The highest BCUT2D eigenvalue weighted by Crippen LogP contribution is 1.93. The van der Waals surface area contributed by atoms with Crippen LogP contribution in [0.2, 0.25) is 0 Å². The molecule has 1 saturated heterocycles. The van der Waals surface area contributed by atoms with Gasteiger partial charge in [0.15, 0.2) is 0 Å². The Morgan fingerprint density at radius 2 is 2.50 bits per heavy atom. The minimum atomic E-state index is 0. The fraction of sp³-hybridized carbons (Fsp3) is 1.00. The third-order valence-electron chi connectivity index (χ3n) is 1.02. The van der Waals surface area contributed by atoms with Crippen LogP contribution in [0.1, 0.15) is 0 Å². The number of halogens is 1. The number of hydrogen-bond donors (Lipinski definition) is 1. The standard InChI is InChI=1S/C4H9NO2.ClH/c1-6-4-2-5-7-3-4;/h4-5H,2-3H2,1H3;1H. The summed E-state index contributed by atoms with van der Waals surface area (Å²) in [6.45, 7) is 1.49. The van der Waals surface area contributed by atoms with Gasteiger partial charge < -0.3 is 4.74 Å². The molecule has 0 amide bonds. The van der Waals surface area contributed by atoms with E-state index >= 15 is 0 Å². The highest BCUT2D eigenvalue weighted by molar-refractivity contribution is 5.85. The van der Waals surface area contributed by atoms with Gasteiger partial charge in [-0.2, -0.15) is 5.48 Å². The lowest BCUT2D eigenvalue weighted by Crippen LogP contribution is -2.15. The summed E-state index contributed by atoms with van der Waals surface area (Å²) in [5.74, 6) is 0. The van der Waals surface area contributed by atoms with Crippen molar-refractivity contribution in [3.05, 3.63) is 0 Å². The maximum absolute atomic E-state index is 4.92. The smallest absolute Gasteiger partial charge is 0.0971 e. The van der Waals surface area contributed by atoms with Crippen molar-refractivity contribution in [3.63, 3.8) is 0 Å². The minimum absolute atomic E-state index is 0. The van der Waals surface area contributed by atoms with Gasteiger partial charge in [0.05, 0.1) is 12.7 Å². The zero-order valence-corrected chi connectivity index (χ0v) is 5.53. The summed E-state index contributed by atoms with van der Waals surface area (Å²) in [6.07, 6.45) is 0.264. The Hall–Kier alpha value is 0.170. The largest absolute Gasteiger partial charge is 0.378 e. The number of ether oxygens (including phenoxy) is 1. The van der Waals surface area contributed by atoms with Gasteiger partial charge in [0, 0.05) is 13.7 Å². The van der Waals surface area contributed by atoms with Crippen molar-refractivity contribution in [3.8, 4) is 0 Å². The van der Waals surface area contributed by atoms with Crippen molar-refractivity contribution >= 4 is 12.4 Å². The molecule has 0 aromatic rings. The first-order chi connectivity index (χ1) is 3.43. The van der Waals surface area contributed by atoms with Gasteiger partial charge in [-0.15, -0.1) is 12.4 Å². The molecule has 1 N–H and O–H groups in total. The number of methoxy groups -OCH3 is 1. The summed E-state index contributed by atoms with van der Waals surface area (Å²) in [7, 11) is 1.68. The topological polar surface area (TPSA) is 30.5 Å². The molecule has 0 saturated carbocycles. The third-order valence-corrected chi connectivity index (χ3v) is 1.02. The Balaban J connectivity index is 0.000000490. The molecule has 0 radical (unpaired) electrons. The maximum Gasteiger partial charge on any atom is 0.0971 e. The van der Waals surface area contributed by atoms with E-state index in [9.17, 15) is 0 Å². The molecule has 0 bridgehead atoms. The van der Waals surface area contributed by atoms with Crippen LogP contribution < -0.4 is 5.48 Å². The molecule has 8 heavy (non-hydrogen) atoms. The lowest BCUT2D eigenvalue weighted by atomic mass is 10.4. The molecule has 0 aromatic heterocycles. The van der Waals surface area contributed by atoms with E-state index in [-0.39, 0.29) is 18.5 Å². The van der Waals surface area contributed by atoms with Crippen molar-refractivity contribution in [2.75, 3.05) is 20.3 Å². The van der Waals surface area contributed by atoms with Crippen molar-refractivity contribution in [2.24, 2.45) is 0 Å². The molecule has 1 rings (SSSR count). The lowest BCUT2D eigenvalue weighted by Gasteiger charge is -1.98. The highest BCUT2D eigenvalue weighted by atomic mass is 35.5. The lowest BCUT2D eigenvalue weighted by molar-refractivity contribution is 0.0611. The molecule has 0 aliphatic carbocycles. The van der Waals surface area contributed by atoms with Crippen LogP contribution >= 0.6 is 12.4 Å². The normalized spacial score (nSPS) is 27.4. The van der Waals surface area contributed by atoms with E-state index < -0.39 is 0 Å². The van der Waals surface area contributed by atoms with E-state index in [1.807, 2.05) is 0 Å². The first-order valence-corrected chi connectivity index (χ1v) is 2.31. The van der Waals surface area contributed by atoms with E-state index in [4.69, 9.17) is 9.57 Å². The molecule has 0 spiro atoms. The molecule has 1 atom stereocenters. The van der Waals surface area contributed by atoms with Gasteiger partial charge in [-0.25, -0.2) is 0 Å². The second-order valence-electron chi connectivity index (χ2n) is 1.52. The fourth-order valence-corrected chi connectivity index (χ4v) is 0.514. The Bertz CT molecular complexity index is 56.0. The van der Waals surface area contributed by atoms with E-state index in [1.165, 1.54) is 0 Å². The van der Waals surface area contributed by atoms with Crippen molar-refractivity contribution in [1.29, 1.82) is 0 Å². The molecule has 3 nitrogen and oxygen atoms in total. The van der Waals surface area contributed by atoms with Crippen molar-refractivity contribution in [2.45, 2.75) is 6.10 Å². The summed E-state index contributed by atoms with van der Waals surface area (Å²) < 4.78 is 4.92. The van der Waals surface area contributed by atoms with Crippen molar-refractivity contribution in [1.82, 2.24) is 5.48 Å². The minimum Gasteiger partial charge on any atom is -0.378 e. The highest BCUT2D eigenvalue weighted by Gasteiger charge is 2.12. The Morgan fingerprint density at radius 3 is 2.75 bits per heavy atom. The fourth-order valence-electron chi connectivity index (χ4n) is 0.514. The van der Waals surface area contributed by atoms with E-state index in [2.05, 4.69) is 5.48 Å². The summed E-state index contributed by atoms with van der Waals surface area (Å²) >= 11 is 0. The first kappa shape index (κ1) is 8.17. The van der Waals surface area contributed by atoms with Gasteiger partial charge in [0.25, 0.3) is 0 Å². The average molecular weight is 140 g/mol. The Morgan fingerprint density at radius 1 is 1.75 bits per heavy atom. The Kier molecular flexibility index (Phi) is 4.18. The van der Waals surface area contributed by atoms with Crippen molar-refractivity contribution < 1.29 is 9.57 Å². The second kappa shape index (κ2) is 4.09. The second-order valence-corrected chi connectivity index (χ2v) is 1.52. The maximum atomic E-state index is 4.92. The SMILES string of the molecule is COC1CNOC1.Cl. The predicted molar refractivity (Wildman–Crippen MR) is 32.0 cm³/mol. The van der Waals surface area contributed by atoms with Gasteiger partial charge in [0.2, 0.25) is 0 Å². The van der Waals surface area contributed by atoms with Crippen LogP contribution in [0.3, 0.4) is 0 Å². The van der Waals surface area contributed by atoms with Gasteiger partial charge in [-0.1, -0.05) is 0 Å². The zero-order chi connectivity index (χ0) is 5.11. The molecular weight excluding hydrogens is 130 g/mol. The molecule has 0 aromatic carbocycles. The van der Waals surface area contributed by atoms with Crippen LogP contribution in [0.4, 0.5) is 0 Å². The quantitative estimate of drug-likeness (QED) is 0.553. The molecule has 50 valence electrons. The number of nitrogens with one attached hydrogen (secondary N) is 1. The summed E-state index contributed by atoms with van der Waals surface area (Å²) in [5.41, 5.74) is 2.70. The van der Waals surface area contributed by atoms with Crippen LogP contribution in [0.15, 0.2) is 0 Å². The van der Waals surface area contributed by atoms with E-state index in [0.717, 1.165) is 6.54 Å². The number of hydrogen-bond acceptors (Lipinski definition) is 3. The summed E-state index contributed by atoms with van der Waals surface area (Å²) in [6, 6.07) is 0. The van der Waals surface area contributed by atoms with Crippen LogP contribution in [0.5, 0.6) is 0 Å². The molecule has 1 fully saturated rings. The van der Waals surface area contributed by atoms with E-state index in [1.54, 1.807) is 7.11 Å². The van der Waals surface area contributed by atoms with Gasteiger partial charge >= 0.3 is 0 Å². The third kappa shape index (κ3) is 1.96. The molecule has 1 aliphatic heterocycles. The summed E-state index contributed by atoms with van der Waals surface area (Å²) in [4.78, 5) is 4.77. The zero-order valence-electron chi connectivity index (χ0n) is 4.72. The number of rotatable bonds is 1. The van der Waals surface area contributed by atoms with Crippen LogP contribution in [0.25, 0.3) is 0 Å². The molecule has 4 heteroatoms. The average Bonchev–Trinajstić information content (AvgIpc) is 2.14. The summed E-state index contributed by atoms with van der Waals surface area (Å²) in [5, 5.41) is 0. The molecule has 1 heterocycles.